The van der Waals surface area contributed by atoms with Crippen molar-refractivity contribution in [2.45, 2.75) is 62.3 Å². The second-order valence-electron chi connectivity index (χ2n) is 9.77. The van der Waals surface area contributed by atoms with Gasteiger partial charge >= 0.3 is 11.9 Å². The van der Waals surface area contributed by atoms with Crippen LogP contribution in [-0.4, -0.2) is 33.9 Å². The number of carbonyl (C=O) groups excluding carboxylic acids is 2. The molecular weight excluding hydrogens is 436 g/mol. The predicted molar refractivity (Wildman–Crippen MR) is 120 cm³/mol. The maximum Gasteiger partial charge on any atom is 0.357 e. The Morgan fingerprint density at radius 1 is 1.18 bits per heavy atom. The van der Waals surface area contributed by atoms with Crippen LogP contribution in [0.5, 0.6) is 11.5 Å². The molecule has 1 heterocycles. The monoisotopic (exact) mass is 462 g/mol. The van der Waals surface area contributed by atoms with Crippen molar-refractivity contribution in [3.05, 3.63) is 71.0 Å². The summed E-state index contributed by atoms with van der Waals surface area (Å²) in [6, 6.07) is 12.2. The number of rotatable bonds is 4. The fourth-order valence-corrected chi connectivity index (χ4v) is 6.75. The molecular formula is C27H26O7. The van der Waals surface area contributed by atoms with Crippen molar-refractivity contribution in [2.24, 2.45) is 5.92 Å². The average molecular weight is 462 g/mol. The number of ether oxygens (including phenoxy) is 3. The molecule has 1 fully saturated rings. The summed E-state index contributed by atoms with van der Waals surface area (Å²) >= 11 is 0. The first kappa shape index (κ1) is 21.2. The minimum absolute atomic E-state index is 0.0154. The van der Waals surface area contributed by atoms with E-state index in [2.05, 4.69) is 0 Å². The fourth-order valence-electron chi connectivity index (χ4n) is 6.75. The molecule has 0 amide bonds. The van der Waals surface area contributed by atoms with E-state index in [9.17, 15) is 19.8 Å². The molecule has 0 aromatic heterocycles. The van der Waals surface area contributed by atoms with Crippen molar-refractivity contribution >= 4 is 11.9 Å². The predicted octanol–water partition coefficient (Wildman–Crippen LogP) is 3.61. The zero-order valence-corrected chi connectivity index (χ0v) is 18.8. The van der Waals surface area contributed by atoms with Crippen molar-refractivity contribution in [1.29, 1.82) is 0 Å². The molecule has 2 N–H and O–H groups in total. The van der Waals surface area contributed by atoms with Crippen molar-refractivity contribution in [3.63, 3.8) is 0 Å². The van der Waals surface area contributed by atoms with Gasteiger partial charge in [-0.25, -0.2) is 4.79 Å². The molecule has 2 bridgehead atoms. The van der Waals surface area contributed by atoms with Gasteiger partial charge in [0, 0.05) is 18.1 Å². The molecule has 2 aromatic carbocycles. The van der Waals surface area contributed by atoms with Gasteiger partial charge in [0.05, 0.1) is 11.0 Å². The lowest BCUT2D eigenvalue weighted by Gasteiger charge is -2.59. The SMILES string of the molecule is CC(=O)O[C@H](C(=O)OC1=CC[C@@]2(O)[C@@H]3CCC[C@@]24c2c(ccc(O)c2O[C@@H]14)C3)c1ccccc1. The van der Waals surface area contributed by atoms with Gasteiger partial charge in [-0.2, -0.15) is 0 Å². The Balaban J connectivity index is 1.40. The van der Waals surface area contributed by atoms with E-state index in [1.165, 1.54) is 6.92 Å². The normalized spacial score (nSPS) is 30.9. The summed E-state index contributed by atoms with van der Waals surface area (Å²) in [4.78, 5) is 25.0. The van der Waals surface area contributed by atoms with Gasteiger partial charge in [0.15, 0.2) is 17.6 Å². The Kier molecular flexibility index (Phi) is 4.58. The highest BCUT2D eigenvalue weighted by atomic mass is 16.6. The minimum Gasteiger partial charge on any atom is -0.504 e. The van der Waals surface area contributed by atoms with Crippen LogP contribution in [-0.2, 0) is 30.9 Å². The van der Waals surface area contributed by atoms with Crippen LogP contribution in [0.2, 0.25) is 0 Å². The largest absolute Gasteiger partial charge is 0.504 e. The molecule has 5 atom stereocenters. The van der Waals surface area contributed by atoms with Gasteiger partial charge in [-0.15, -0.1) is 0 Å². The number of hydrogen-bond donors (Lipinski definition) is 2. The van der Waals surface area contributed by atoms with Crippen LogP contribution >= 0.6 is 0 Å². The first-order chi connectivity index (χ1) is 16.3. The molecule has 176 valence electrons. The van der Waals surface area contributed by atoms with Crippen molar-refractivity contribution in [2.75, 3.05) is 0 Å². The average Bonchev–Trinajstić information content (AvgIpc) is 3.16. The molecule has 0 saturated heterocycles. The third-order valence-electron chi connectivity index (χ3n) is 8.08. The van der Waals surface area contributed by atoms with Crippen LogP contribution in [0, 0.1) is 5.92 Å². The van der Waals surface area contributed by atoms with E-state index in [1.54, 1.807) is 42.5 Å². The second-order valence-corrected chi connectivity index (χ2v) is 9.77. The number of esters is 2. The van der Waals surface area contributed by atoms with Crippen LogP contribution in [0.15, 0.2) is 54.3 Å². The Morgan fingerprint density at radius 2 is 1.97 bits per heavy atom. The topological polar surface area (TPSA) is 102 Å². The quantitative estimate of drug-likeness (QED) is 0.669. The van der Waals surface area contributed by atoms with Crippen LogP contribution in [0.4, 0.5) is 0 Å². The lowest BCUT2D eigenvalue weighted by atomic mass is 9.47. The van der Waals surface area contributed by atoms with Crippen LogP contribution in [0.25, 0.3) is 0 Å². The van der Waals surface area contributed by atoms with Gasteiger partial charge in [0.25, 0.3) is 0 Å². The fraction of sp³-hybridized carbons (Fsp3) is 0.407. The van der Waals surface area contributed by atoms with Crippen LogP contribution in [0.3, 0.4) is 0 Å². The van der Waals surface area contributed by atoms with Crippen molar-refractivity contribution < 1.29 is 34.0 Å². The Hall–Kier alpha value is -3.32. The van der Waals surface area contributed by atoms with Gasteiger partial charge in [-0.3, -0.25) is 4.79 Å². The number of aliphatic hydroxyl groups is 1. The molecule has 0 radical (unpaired) electrons. The molecule has 2 aromatic rings. The molecule has 34 heavy (non-hydrogen) atoms. The molecule has 6 rings (SSSR count). The summed E-state index contributed by atoms with van der Waals surface area (Å²) in [6.07, 6.45) is 3.26. The first-order valence-electron chi connectivity index (χ1n) is 11.7. The summed E-state index contributed by atoms with van der Waals surface area (Å²) < 4.78 is 17.5. The number of phenols is 1. The summed E-state index contributed by atoms with van der Waals surface area (Å²) in [6.45, 7) is 1.24. The van der Waals surface area contributed by atoms with Gasteiger partial charge in [0.2, 0.25) is 6.10 Å². The zero-order chi connectivity index (χ0) is 23.7. The number of aromatic hydroxyl groups is 1. The highest BCUT2D eigenvalue weighted by molar-refractivity contribution is 5.81. The summed E-state index contributed by atoms with van der Waals surface area (Å²) in [5, 5.41) is 22.6. The standard InChI is InChI=1S/C27H26O7/c1-15(28)32-22(16-6-3-2-4-7-16)25(30)33-20-11-13-27(31)18-8-5-12-26(27)21-17(14-18)9-10-19(29)23(21)34-24(20)26/h2-4,6-7,9-11,18,22,24,29,31H,5,8,12-14H2,1H3/t18-,22+,24+,26+,27-/m1/s1. The number of hydrogen-bond acceptors (Lipinski definition) is 7. The van der Waals surface area contributed by atoms with E-state index < -0.39 is 35.2 Å². The van der Waals surface area contributed by atoms with E-state index in [-0.39, 0.29) is 17.4 Å². The summed E-state index contributed by atoms with van der Waals surface area (Å²) in [5.74, 6) is -0.611. The number of carbonyl (C=O) groups is 2. The number of benzene rings is 2. The molecule has 7 heteroatoms. The lowest BCUT2D eigenvalue weighted by Crippen LogP contribution is -2.67. The third-order valence-corrected chi connectivity index (χ3v) is 8.08. The van der Waals surface area contributed by atoms with E-state index in [0.29, 0.717) is 24.2 Å². The maximum absolute atomic E-state index is 13.3. The Bertz CT molecular complexity index is 1220. The van der Waals surface area contributed by atoms with Crippen molar-refractivity contribution in [3.8, 4) is 11.5 Å². The molecule has 1 aliphatic heterocycles. The molecule has 4 aliphatic rings. The second kappa shape index (κ2) is 7.34. The molecule has 0 unspecified atom stereocenters. The third kappa shape index (κ3) is 2.73. The number of phenolic OH excluding ortho intramolecular Hbond substituents is 1. The smallest absolute Gasteiger partial charge is 0.357 e. The van der Waals surface area contributed by atoms with Crippen LogP contribution in [0.1, 0.15) is 55.4 Å². The highest BCUT2D eigenvalue weighted by Gasteiger charge is 2.70. The maximum atomic E-state index is 13.3. The van der Waals surface area contributed by atoms with Gasteiger partial charge in [-0.05, 0) is 49.3 Å². The van der Waals surface area contributed by atoms with E-state index >= 15 is 0 Å². The zero-order valence-electron chi connectivity index (χ0n) is 18.8. The van der Waals surface area contributed by atoms with Crippen LogP contribution < -0.4 is 4.74 Å². The highest BCUT2D eigenvalue weighted by Crippen LogP contribution is 2.67. The first-order valence-corrected chi connectivity index (χ1v) is 11.7. The minimum atomic E-state index is -1.23. The summed E-state index contributed by atoms with van der Waals surface area (Å²) in [7, 11) is 0. The molecule has 7 nitrogen and oxygen atoms in total. The lowest BCUT2D eigenvalue weighted by molar-refractivity contribution is -0.172. The summed E-state index contributed by atoms with van der Waals surface area (Å²) in [5.41, 5.74) is 0.564. The van der Waals surface area contributed by atoms with Gasteiger partial charge in [0.1, 0.15) is 5.76 Å². The molecule has 3 aliphatic carbocycles. The van der Waals surface area contributed by atoms with E-state index in [0.717, 1.165) is 30.4 Å². The van der Waals surface area contributed by atoms with E-state index in [4.69, 9.17) is 14.2 Å². The molecule has 1 spiro atoms. The molecule has 1 saturated carbocycles. The van der Waals surface area contributed by atoms with E-state index in [1.807, 2.05) is 6.07 Å². The van der Waals surface area contributed by atoms with Crippen molar-refractivity contribution in [1.82, 2.24) is 0 Å². The van der Waals surface area contributed by atoms with Gasteiger partial charge in [-0.1, -0.05) is 42.8 Å². The van der Waals surface area contributed by atoms with Gasteiger partial charge < -0.3 is 24.4 Å². The Morgan fingerprint density at radius 3 is 2.74 bits per heavy atom. The Labute approximate surface area is 197 Å².